The van der Waals surface area contributed by atoms with Gasteiger partial charge in [-0.2, -0.15) is 0 Å². The van der Waals surface area contributed by atoms with Crippen molar-refractivity contribution in [3.63, 3.8) is 0 Å². The minimum atomic E-state index is -0.709. The van der Waals surface area contributed by atoms with Gasteiger partial charge >= 0.3 is 6.09 Å². The molecule has 5 nitrogen and oxygen atoms in total. The molecule has 1 aliphatic heterocycles. The first-order valence-electron chi connectivity index (χ1n) is 6.92. The molecule has 0 saturated carbocycles. The van der Waals surface area contributed by atoms with Gasteiger partial charge < -0.3 is 10.5 Å². The first-order chi connectivity index (χ1) is 10.2. The van der Waals surface area contributed by atoms with Crippen molar-refractivity contribution in [2.45, 2.75) is 36.5 Å². The highest BCUT2D eigenvalue weighted by atomic mass is 32.2. The molecule has 1 aromatic carbocycles. The van der Waals surface area contributed by atoms with Crippen LogP contribution in [0.15, 0.2) is 23.1 Å². The van der Waals surface area contributed by atoms with Gasteiger partial charge in [0, 0.05) is 11.4 Å². The predicted octanol–water partition coefficient (Wildman–Crippen LogP) is 2.57. The number of benzene rings is 1. The van der Waals surface area contributed by atoms with Crippen LogP contribution in [0.4, 0.5) is 14.9 Å². The number of carbonyl (C=O) groups excluding carboxylic acids is 2. The number of Topliss-reactive ketones (excluding diaryl/α,β-unsaturated/α-hetero) is 1. The van der Waals surface area contributed by atoms with E-state index < -0.39 is 16.7 Å². The highest BCUT2D eigenvalue weighted by molar-refractivity contribution is 8.01. The van der Waals surface area contributed by atoms with Gasteiger partial charge in [0.2, 0.25) is 0 Å². The van der Waals surface area contributed by atoms with E-state index in [1.165, 1.54) is 17.9 Å². The minimum Gasteiger partial charge on any atom is -0.443 e. The Kier molecular flexibility index (Phi) is 4.77. The van der Waals surface area contributed by atoms with E-state index in [1.807, 2.05) is 0 Å². The minimum absolute atomic E-state index is 0.0325. The number of nitrogens with zero attached hydrogens (tertiary/aromatic N) is 1. The van der Waals surface area contributed by atoms with E-state index in [4.69, 9.17) is 10.5 Å². The van der Waals surface area contributed by atoms with Crippen LogP contribution < -0.4 is 10.6 Å². The Morgan fingerprint density at radius 3 is 2.73 bits per heavy atom. The van der Waals surface area contributed by atoms with Gasteiger partial charge in [-0.05, 0) is 39.0 Å². The molecule has 0 radical (unpaired) electrons. The van der Waals surface area contributed by atoms with Crippen molar-refractivity contribution in [1.82, 2.24) is 0 Å². The number of anilines is 1. The largest absolute Gasteiger partial charge is 0.443 e. The molecular formula is C15H19FN2O3S. The molecule has 2 rings (SSSR count). The third-order valence-corrected chi connectivity index (χ3v) is 4.93. The van der Waals surface area contributed by atoms with Gasteiger partial charge in [0.25, 0.3) is 0 Å². The number of ether oxygens (including phenoxy) is 1. The van der Waals surface area contributed by atoms with E-state index in [1.54, 1.807) is 26.0 Å². The third kappa shape index (κ3) is 3.41. The Labute approximate surface area is 133 Å². The van der Waals surface area contributed by atoms with Crippen molar-refractivity contribution in [2.24, 2.45) is 5.73 Å². The van der Waals surface area contributed by atoms with Crippen LogP contribution in [-0.2, 0) is 9.53 Å². The smallest absolute Gasteiger partial charge is 0.414 e. The van der Waals surface area contributed by atoms with Crippen molar-refractivity contribution in [1.29, 1.82) is 0 Å². The molecule has 1 heterocycles. The zero-order valence-electron chi connectivity index (χ0n) is 12.8. The van der Waals surface area contributed by atoms with Gasteiger partial charge in [0.1, 0.15) is 17.7 Å². The standard InChI is InChI=1S/C15H19FN2O3S/c1-9(19)15(2,3)22-13-5-4-10(6-12(13)16)18-8-11(7-17)21-14(18)20/h4-6,11H,7-8,17H2,1-3H3/t11-/m0/s1. The summed E-state index contributed by atoms with van der Waals surface area (Å²) in [7, 11) is 0. The summed E-state index contributed by atoms with van der Waals surface area (Å²) in [6.07, 6.45) is -0.902. The molecular weight excluding hydrogens is 307 g/mol. The molecule has 0 aromatic heterocycles. The van der Waals surface area contributed by atoms with Crippen molar-refractivity contribution in [3.8, 4) is 0 Å². The van der Waals surface area contributed by atoms with E-state index in [2.05, 4.69) is 0 Å². The lowest BCUT2D eigenvalue weighted by Gasteiger charge is -2.21. The van der Waals surface area contributed by atoms with E-state index >= 15 is 0 Å². The Bertz CT molecular complexity index is 606. The quantitative estimate of drug-likeness (QED) is 0.842. The number of ketones is 1. The van der Waals surface area contributed by atoms with E-state index in [0.717, 1.165) is 11.8 Å². The Morgan fingerprint density at radius 2 is 2.23 bits per heavy atom. The number of hydrogen-bond donors (Lipinski definition) is 1. The van der Waals surface area contributed by atoms with Crippen LogP contribution in [0.1, 0.15) is 20.8 Å². The summed E-state index contributed by atoms with van der Waals surface area (Å²) >= 11 is 1.16. The number of hydrogen-bond acceptors (Lipinski definition) is 5. The second-order valence-electron chi connectivity index (χ2n) is 5.64. The zero-order chi connectivity index (χ0) is 16.5. The van der Waals surface area contributed by atoms with Crippen LogP contribution in [0.3, 0.4) is 0 Å². The molecule has 1 fully saturated rings. The summed E-state index contributed by atoms with van der Waals surface area (Å²) in [5, 5.41) is 0. The summed E-state index contributed by atoms with van der Waals surface area (Å²) in [6.45, 7) is 5.51. The first-order valence-corrected chi connectivity index (χ1v) is 7.74. The third-order valence-electron chi connectivity index (χ3n) is 3.58. The molecule has 0 spiro atoms. The van der Waals surface area contributed by atoms with Crippen LogP contribution in [0.5, 0.6) is 0 Å². The average Bonchev–Trinajstić information content (AvgIpc) is 2.82. The molecule has 2 N–H and O–H groups in total. The van der Waals surface area contributed by atoms with Crippen LogP contribution in [0.2, 0.25) is 0 Å². The van der Waals surface area contributed by atoms with E-state index in [0.29, 0.717) is 17.1 Å². The van der Waals surface area contributed by atoms with Crippen molar-refractivity contribution >= 4 is 29.3 Å². The van der Waals surface area contributed by atoms with Crippen LogP contribution in [-0.4, -0.2) is 35.8 Å². The monoisotopic (exact) mass is 326 g/mol. The molecule has 0 aliphatic carbocycles. The second kappa shape index (κ2) is 6.26. The van der Waals surface area contributed by atoms with Gasteiger partial charge in [-0.25, -0.2) is 9.18 Å². The molecule has 0 bridgehead atoms. The molecule has 0 unspecified atom stereocenters. The maximum absolute atomic E-state index is 14.3. The fourth-order valence-electron chi connectivity index (χ4n) is 1.94. The fourth-order valence-corrected chi connectivity index (χ4v) is 2.93. The average molecular weight is 326 g/mol. The first kappa shape index (κ1) is 16.8. The van der Waals surface area contributed by atoms with Crippen LogP contribution in [0.25, 0.3) is 0 Å². The molecule has 7 heteroatoms. The van der Waals surface area contributed by atoms with Crippen molar-refractivity contribution < 1.29 is 18.7 Å². The summed E-state index contributed by atoms with van der Waals surface area (Å²) in [4.78, 5) is 25.0. The normalized spacial score (nSPS) is 18.5. The fraction of sp³-hybridized carbons (Fsp3) is 0.467. The molecule has 22 heavy (non-hydrogen) atoms. The summed E-state index contributed by atoms with van der Waals surface area (Å²) < 4.78 is 18.6. The Balaban J connectivity index is 2.20. The number of nitrogens with two attached hydrogens (primary N) is 1. The van der Waals surface area contributed by atoms with Crippen LogP contribution in [0, 0.1) is 5.82 Å². The maximum Gasteiger partial charge on any atom is 0.414 e. The number of cyclic esters (lactones) is 1. The molecule has 1 atom stereocenters. The van der Waals surface area contributed by atoms with Gasteiger partial charge in [-0.15, -0.1) is 11.8 Å². The molecule has 120 valence electrons. The topological polar surface area (TPSA) is 72.6 Å². The lowest BCUT2D eigenvalue weighted by Crippen LogP contribution is -2.27. The van der Waals surface area contributed by atoms with Gasteiger partial charge in [-0.3, -0.25) is 9.69 Å². The number of thioether (sulfide) groups is 1. The highest BCUT2D eigenvalue weighted by Crippen LogP contribution is 2.36. The van der Waals surface area contributed by atoms with Crippen molar-refractivity contribution in [3.05, 3.63) is 24.0 Å². The van der Waals surface area contributed by atoms with E-state index in [9.17, 15) is 14.0 Å². The maximum atomic E-state index is 14.3. The second-order valence-corrected chi connectivity index (χ2v) is 7.30. The molecule has 1 saturated heterocycles. The van der Waals surface area contributed by atoms with Gasteiger partial charge in [0.15, 0.2) is 0 Å². The summed E-state index contributed by atoms with van der Waals surface area (Å²) in [5.74, 6) is -0.504. The van der Waals surface area contributed by atoms with Crippen molar-refractivity contribution in [2.75, 3.05) is 18.0 Å². The highest BCUT2D eigenvalue weighted by Gasteiger charge is 2.32. The molecule has 1 amide bonds. The van der Waals surface area contributed by atoms with Gasteiger partial charge in [0.05, 0.1) is 17.0 Å². The Hall–Kier alpha value is -1.60. The molecule has 1 aliphatic rings. The SMILES string of the molecule is CC(=O)C(C)(C)Sc1ccc(N2C[C@H](CN)OC2=O)cc1F. The van der Waals surface area contributed by atoms with Crippen LogP contribution >= 0.6 is 11.8 Å². The Morgan fingerprint density at radius 1 is 1.55 bits per heavy atom. The summed E-state index contributed by atoms with van der Waals surface area (Å²) in [5.41, 5.74) is 5.89. The predicted molar refractivity (Wildman–Crippen MR) is 83.7 cm³/mol. The van der Waals surface area contributed by atoms with Gasteiger partial charge in [-0.1, -0.05) is 0 Å². The number of carbonyl (C=O) groups is 2. The lowest BCUT2D eigenvalue weighted by atomic mass is 10.1. The number of halogens is 1. The zero-order valence-corrected chi connectivity index (χ0v) is 13.6. The molecule has 1 aromatic rings. The summed E-state index contributed by atoms with van der Waals surface area (Å²) in [6, 6.07) is 4.49. The number of amides is 1. The lowest BCUT2D eigenvalue weighted by molar-refractivity contribution is -0.118. The van der Waals surface area contributed by atoms with E-state index in [-0.39, 0.29) is 18.4 Å². The number of rotatable bonds is 5.